The Morgan fingerprint density at radius 1 is 1.28 bits per heavy atom. The number of hydrogen-bond acceptors (Lipinski definition) is 4. The van der Waals surface area contributed by atoms with Gasteiger partial charge in [0, 0.05) is 10.7 Å². The minimum atomic E-state index is 0.734. The van der Waals surface area contributed by atoms with E-state index in [4.69, 9.17) is 16.0 Å². The molecule has 0 radical (unpaired) electrons. The molecular formula is C19H21ClN3OS+. The SMILES string of the molecule is Cc1ccc(Cl)cc1N1CC[NH+](Cc2coc(-c3cccs3)n2)CC1. The molecule has 1 N–H and O–H groups in total. The summed E-state index contributed by atoms with van der Waals surface area (Å²) in [5.74, 6) is 0.734. The first-order valence-corrected chi connectivity index (χ1v) is 9.78. The lowest BCUT2D eigenvalue weighted by Gasteiger charge is -2.34. The van der Waals surface area contributed by atoms with Crippen LogP contribution < -0.4 is 9.80 Å². The van der Waals surface area contributed by atoms with E-state index in [2.05, 4.69) is 28.9 Å². The molecule has 6 heteroatoms. The first kappa shape index (κ1) is 16.6. The first-order valence-electron chi connectivity index (χ1n) is 8.52. The van der Waals surface area contributed by atoms with Crippen molar-refractivity contribution in [3.8, 4) is 10.8 Å². The van der Waals surface area contributed by atoms with Gasteiger partial charge in [-0.05, 0) is 36.1 Å². The Bertz CT molecular complexity index is 838. The van der Waals surface area contributed by atoms with Gasteiger partial charge in [-0.15, -0.1) is 11.3 Å². The Balaban J connectivity index is 1.37. The minimum Gasteiger partial charge on any atom is -0.443 e. The van der Waals surface area contributed by atoms with E-state index >= 15 is 0 Å². The molecule has 0 saturated carbocycles. The van der Waals surface area contributed by atoms with E-state index in [9.17, 15) is 0 Å². The van der Waals surface area contributed by atoms with Crippen molar-refractivity contribution < 1.29 is 9.32 Å². The zero-order valence-corrected chi connectivity index (χ0v) is 15.7. The minimum absolute atomic E-state index is 0.734. The smallest absolute Gasteiger partial charge is 0.236 e. The lowest BCUT2D eigenvalue weighted by Crippen LogP contribution is -3.13. The molecule has 1 aromatic carbocycles. The summed E-state index contributed by atoms with van der Waals surface area (Å²) in [5, 5.41) is 2.85. The number of nitrogens with one attached hydrogen (secondary N) is 1. The molecule has 25 heavy (non-hydrogen) atoms. The summed E-state index contributed by atoms with van der Waals surface area (Å²) in [5.41, 5.74) is 3.57. The average molecular weight is 375 g/mol. The van der Waals surface area contributed by atoms with Crippen LogP contribution in [0.5, 0.6) is 0 Å². The molecule has 0 atom stereocenters. The summed E-state index contributed by atoms with van der Waals surface area (Å²) in [6.07, 6.45) is 1.80. The Kier molecular flexibility index (Phi) is 4.79. The number of thiophene rings is 1. The van der Waals surface area contributed by atoms with Gasteiger partial charge in [-0.2, -0.15) is 0 Å². The first-order chi connectivity index (χ1) is 12.2. The van der Waals surface area contributed by atoms with E-state index in [1.165, 1.54) is 11.3 Å². The second-order valence-corrected chi connectivity index (χ2v) is 7.85. The van der Waals surface area contributed by atoms with Crippen molar-refractivity contribution in [3.05, 3.63) is 58.3 Å². The zero-order chi connectivity index (χ0) is 17.2. The number of piperazine rings is 1. The van der Waals surface area contributed by atoms with Crippen molar-refractivity contribution >= 4 is 28.6 Å². The number of quaternary nitrogens is 1. The van der Waals surface area contributed by atoms with Gasteiger partial charge in [-0.1, -0.05) is 23.7 Å². The van der Waals surface area contributed by atoms with Crippen LogP contribution in [0.4, 0.5) is 5.69 Å². The fourth-order valence-electron chi connectivity index (χ4n) is 3.32. The molecule has 3 aromatic rings. The molecule has 4 rings (SSSR count). The summed E-state index contributed by atoms with van der Waals surface area (Å²) in [7, 11) is 0. The highest BCUT2D eigenvalue weighted by Gasteiger charge is 2.22. The van der Waals surface area contributed by atoms with Gasteiger partial charge in [0.1, 0.15) is 18.5 Å². The van der Waals surface area contributed by atoms with Crippen LogP contribution in [-0.2, 0) is 6.54 Å². The number of aromatic nitrogens is 1. The average Bonchev–Trinajstić information content (AvgIpc) is 3.29. The fraction of sp³-hybridized carbons (Fsp3) is 0.316. The number of hydrogen-bond donors (Lipinski definition) is 1. The standard InChI is InChI=1S/C19H20ClN3OS/c1-14-4-5-15(20)11-17(14)23-8-6-22(7-9-23)12-16-13-24-19(21-16)18-3-2-10-25-18/h2-5,10-11,13H,6-9,12H2,1H3/p+1. The monoisotopic (exact) mass is 374 g/mol. The van der Waals surface area contributed by atoms with Crippen LogP contribution >= 0.6 is 22.9 Å². The van der Waals surface area contributed by atoms with Crippen molar-refractivity contribution in [2.45, 2.75) is 13.5 Å². The van der Waals surface area contributed by atoms with Gasteiger partial charge in [0.15, 0.2) is 0 Å². The van der Waals surface area contributed by atoms with Crippen LogP contribution in [0.3, 0.4) is 0 Å². The molecule has 1 fully saturated rings. The number of rotatable bonds is 4. The number of anilines is 1. The highest BCUT2D eigenvalue weighted by molar-refractivity contribution is 7.13. The van der Waals surface area contributed by atoms with Crippen LogP contribution in [0.1, 0.15) is 11.3 Å². The van der Waals surface area contributed by atoms with Crippen LogP contribution in [0.25, 0.3) is 10.8 Å². The van der Waals surface area contributed by atoms with Gasteiger partial charge < -0.3 is 14.2 Å². The summed E-state index contributed by atoms with van der Waals surface area (Å²) < 4.78 is 5.63. The molecule has 1 aliphatic heterocycles. The highest BCUT2D eigenvalue weighted by atomic mass is 35.5. The molecule has 0 unspecified atom stereocenters. The van der Waals surface area contributed by atoms with Crippen molar-refractivity contribution in [1.29, 1.82) is 0 Å². The Hall–Kier alpha value is -1.82. The quantitative estimate of drug-likeness (QED) is 0.761. The lowest BCUT2D eigenvalue weighted by molar-refractivity contribution is -0.914. The topological polar surface area (TPSA) is 33.7 Å². The molecule has 0 bridgehead atoms. The number of benzene rings is 1. The maximum absolute atomic E-state index is 6.17. The molecule has 0 spiro atoms. The second-order valence-electron chi connectivity index (χ2n) is 6.47. The zero-order valence-electron chi connectivity index (χ0n) is 14.2. The maximum atomic E-state index is 6.17. The van der Waals surface area contributed by atoms with Gasteiger partial charge in [-0.3, -0.25) is 0 Å². The molecule has 3 heterocycles. The molecule has 2 aromatic heterocycles. The largest absolute Gasteiger partial charge is 0.443 e. The van der Waals surface area contributed by atoms with Gasteiger partial charge in [-0.25, -0.2) is 4.98 Å². The van der Waals surface area contributed by atoms with Gasteiger partial charge in [0.05, 0.1) is 31.1 Å². The number of halogens is 1. The van der Waals surface area contributed by atoms with Gasteiger partial charge >= 0.3 is 0 Å². The summed E-state index contributed by atoms with van der Waals surface area (Å²) in [6, 6.07) is 10.2. The summed E-state index contributed by atoms with van der Waals surface area (Å²) in [6.45, 7) is 7.31. The van der Waals surface area contributed by atoms with Gasteiger partial charge in [0.2, 0.25) is 5.89 Å². The van der Waals surface area contributed by atoms with Crippen LogP contribution in [0.15, 0.2) is 46.4 Å². The van der Waals surface area contributed by atoms with Crippen LogP contribution in [-0.4, -0.2) is 31.2 Å². The van der Waals surface area contributed by atoms with Crippen molar-refractivity contribution in [2.75, 3.05) is 31.1 Å². The van der Waals surface area contributed by atoms with E-state index in [0.717, 1.165) is 54.2 Å². The van der Waals surface area contributed by atoms with Crippen LogP contribution in [0.2, 0.25) is 5.02 Å². The Morgan fingerprint density at radius 2 is 2.12 bits per heavy atom. The predicted octanol–water partition coefficient (Wildman–Crippen LogP) is 3.27. The van der Waals surface area contributed by atoms with Crippen molar-refractivity contribution in [1.82, 2.24) is 4.98 Å². The fourth-order valence-corrected chi connectivity index (χ4v) is 4.14. The van der Waals surface area contributed by atoms with E-state index in [-0.39, 0.29) is 0 Å². The number of oxazole rings is 1. The number of aryl methyl sites for hydroxylation is 1. The van der Waals surface area contributed by atoms with E-state index in [1.54, 1.807) is 22.5 Å². The Morgan fingerprint density at radius 3 is 2.88 bits per heavy atom. The lowest BCUT2D eigenvalue weighted by atomic mass is 10.1. The van der Waals surface area contributed by atoms with Crippen molar-refractivity contribution in [3.63, 3.8) is 0 Å². The molecule has 4 nitrogen and oxygen atoms in total. The third-order valence-electron chi connectivity index (χ3n) is 4.70. The maximum Gasteiger partial charge on any atom is 0.236 e. The third-order valence-corrected chi connectivity index (χ3v) is 5.79. The molecule has 1 saturated heterocycles. The number of nitrogens with zero attached hydrogens (tertiary/aromatic N) is 2. The normalized spacial score (nSPS) is 15.7. The van der Waals surface area contributed by atoms with Gasteiger partial charge in [0.25, 0.3) is 0 Å². The molecular weight excluding hydrogens is 354 g/mol. The van der Waals surface area contributed by atoms with E-state index in [0.29, 0.717) is 0 Å². The third kappa shape index (κ3) is 3.73. The Labute approximate surface area is 156 Å². The van der Waals surface area contributed by atoms with Crippen LogP contribution in [0, 0.1) is 6.92 Å². The van der Waals surface area contributed by atoms with Crippen molar-refractivity contribution in [2.24, 2.45) is 0 Å². The summed E-state index contributed by atoms with van der Waals surface area (Å²) in [4.78, 5) is 9.71. The van der Waals surface area contributed by atoms with E-state index in [1.807, 2.05) is 23.6 Å². The molecule has 0 amide bonds. The second kappa shape index (κ2) is 7.20. The molecule has 1 aliphatic rings. The molecule has 130 valence electrons. The van der Waals surface area contributed by atoms with E-state index < -0.39 is 0 Å². The highest BCUT2D eigenvalue weighted by Crippen LogP contribution is 2.25. The predicted molar refractivity (Wildman–Crippen MR) is 103 cm³/mol. The molecule has 0 aliphatic carbocycles. The summed E-state index contributed by atoms with van der Waals surface area (Å²) >= 11 is 7.82.